The summed E-state index contributed by atoms with van der Waals surface area (Å²) in [6.07, 6.45) is 1.81. The number of nitrogens with zero attached hydrogens (tertiary/aromatic N) is 1. The largest absolute Gasteiger partial charge is 0.469 e. The van der Waals surface area contributed by atoms with Crippen molar-refractivity contribution in [2.75, 3.05) is 32.5 Å². The molecule has 2 aromatic rings. The van der Waals surface area contributed by atoms with Crippen molar-refractivity contribution in [1.29, 1.82) is 0 Å². The molecule has 4 N–H and O–H groups in total. The second-order valence-corrected chi connectivity index (χ2v) is 8.91. The average Bonchev–Trinajstić information content (AvgIpc) is 2.74. The summed E-state index contributed by atoms with van der Waals surface area (Å²) in [5, 5.41) is 9.53. The lowest BCUT2D eigenvalue weighted by atomic mass is 10.0. The minimum atomic E-state index is -4.61. The molecule has 0 saturated carbocycles. The highest BCUT2D eigenvalue weighted by Crippen LogP contribution is 2.28. The van der Waals surface area contributed by atoms with Gasteiger partial charge in [-0.1, -0.05) is 6.42 Å². The van der Waals surface area contributed by atoms with Crippen LogP contribution in [0.2, 0.25) is 0 Å². The van der Waals surface area contributed by atoms with Crippen LogP contribution >= 0.6 is 0 Å². The van der Waals surface area contributed by atoms with Gasteiger partial charge in [-0.25, -0.2) is 4.79 Å². The number of nitrogens with two attached hydrogens (primary N) is 1. The van der Waals surface area contributed by atoms with Gasteiger partial charge in [0, 0.05) is 31.0 Å². The molecule has 0 saturated heterocycles. The molecule has 0 aliphatic rings. The van der Waals surface area contributed by atoms with Crippen molar-refractivity contribution in [3.8, 4) is 0 Å². The number of aliphatic hydroxyl groups excluding tert-OH is 1. The highest BCUT2D eigenvalue weighted by Gasteiger charge is 2.22. The number of hydrogen-bond acceptors (Lipinski definition) is 9. The molecule has 0 aliphatic carbocycles. The van der Waals surface area contributed by atoms with Gasteiger partial charge in [0.1, 0.15) is 10.5 Å². The second kappa shape index (κ2) is 11.3. The number of carbonyl (C=O) groups excluding carboxylic acids is 2. The smallest absolute Gasteiger partial charge is 0.340 e. The van der Waals surface area contributed by atoms with Crippen LogP contribution in [-0.4, -0.2) is 61.7 Å². The molecule has 1 aromatic carbocycles. The van der Waals surface area contributed by atoms with Crippen molar-refractivity contribution in [1.82, 2.24) is 4.90 Å². The highest BCUT2D eigenvalue weighted by atomic mass is 32.2. The monoisotopic (exact) mass is 484 g/mol. The van der Waals surface area contributed by atoms with Crippen molar-refractivity contribution in [2.24, 2.45) is 0 Å². The van der Waals surface area contributed by atoms with Gasteiger partial charge in [-0.3, -0.25) is 14.1 Å². The zero-order valence-corrected chi connectivity index (χ0v) is 19.3. The van der Waals surface area contributed by atoms with Crippen molar-refractivity contribution in [2.45, 2.75) is 43.9 Å². The fourth-order valence-electron chi connectivity index (χ4n) is 3.45. The maximum atomic E-state index is 12.8. The fourth-order valence-corrected chi connectivity index (χ4v) is 4.08. The van der Waals surface area contributed by atoms with Gasteiger partial charge in [0.2, 0.25) is 5.91 Å². The molecule has 182 valence electrons. The molecular formula is C21H28N2O9S. The Hall–Kier alpha value is -2.96. The lowest BCUT2D eigenvalue weighted by Gasteiger charge is -2.22. The van der Waals surface area contributed by atoms with Crippen LogP contribution in [0.15, 0.2) is 26.2 Å². The summed E-state index contributed by atoms with van der Waals surface area (Å²) in [5.41, 5.74) is 4.98. The third kappa shape index (κ3) is 6.76. The maximum absolute atomic E-state index is 12.8. The minimum absolute atomic E-state index is 0.0245. The van der Waals surface area contributed by atoms with Crippen LogP contribution in [0, 0.1) is 6.92 Å². The van der Waals surface area contributed by atoms with Crippen LogP contribution in [0.1, 0.15) is 36.8 Å². The number of hydrogen-bond donors (Lipinski definition) is 3. The normalized spacial score (nSPS) is 11.5. The third-order valence-corrected chi connectivity index (χ3v) is 6.19. The Morgan fingerprint density at radius 2 is 1.88 bits per heavy atom. The quantitative estimate of drug-likeness (QED) is 0.137. The van der Waals surface area contributed by atoms with Gasteiger partial charge < -0.3 is 24.9 Å². The van der Waals surface area contributed by atoms with Crippen LogP contribution in [0.3, 0.4) is 0 Å². The Kier molecular flexibility index (Phi) is 8.97. The van der Waals surface area contributed by atoms with E-state index < -0.39 is 26.5 Å². The van der Waals surface area contributed by atoms with Gasteiger partial charge in [0.15, 0.2) is 0 Å². The predicted octanol–water partition coefficient (Wildman–Crippen LogP) is 1.03. The number of aryl methyl sites for hydroxylation is 1. The predicted molar refractivity (Wildman–Crippen MR) is 119 cm³/mol. The minimum Gasteiger partial charge on any atom is -0.469 e. The number of carbonyl (C=O) groups is 2. The molecule has 1 aromatic heterocycles. The van der Waals surface area contributed by atoms with Gasteiger partial charge in [-0.2, -0.15) is 8.42 Å². The van der Waals surface area contributed by atoms with E-state index in [1.165, 1.54) is 18.9 Å². The molecule has 0 spiro atoms. The van der Waals surface area contributed by atoms with Crippen molar-refractivity contribution in [3.63, 3.8) is 0 Å². The highest BCUT2D eigenvalue weighted by molar-refractivity contribution is 7.86. The van der Waals surface area contributed by atoms with E-state index in [0.717, 1.165) is 12.1 Å². The van der Waals surface area contributed by atoms with Crippen molar-refractivity contribution in [3.05, 3.63) is 33.7 Å². The molecule has 11 nitrogen and oxygen atoms in total. The van der Waals surface area contributed by atoms with E-state index in [4.69, 9.17) is 10.2 Å². The summed E-state index contributed by atoms with van der Waals surface area (Å²) in [6.45, 7) is 1.66. The molecule has 0 atom stereocenters. The van der Waals surface area contributed by atoms with E-state index in [2.05, 4.69) is 4.74 Å². The molecule has 0 radical (unpaired) electrons. The summed E-state index contributed by atoms with van der Waals surface area (Å²) in [7, 11) is -3.29. The Morgan fingerprint density at radius 3 is 2.48 bits per heavy atom. The molecule has 0 bridgehead atoms. The number of methoxy groups -OCH3 is 1. The van der Waals surface area contributed by atoms with Crippen molar-refractivity contribution >= 4 is 38.7 Å². The van der Waals surface area contributed by atoms with E-state index in [1.807, 2.05) is 0 Å². The van der Waals surface area contributed by atoms with E-state index >= 15 is 0 Å². The van der Waals surface area contributed by atoms with Gasteiger partial charge in [0.25, 0.3) is 10.1 Å². The molecule has 33 heavy (non-hydrogen) atoms. The average molecular weight is 485 g/mol. The lowest BCUT2D eigenvalue weighted by molar-refractivity contribution is -0.140. The molecule has 1 amide bonds. The standard InChI is InChI=1S/C21H28N2O9S/c1-13-14-10-18(33(28,29)30)16(22)12-17(14)32-21(27)15(13)11-19(25)23(8-9-24)7-5-3-4-6-20(26)31-2/h10,12,24H,3-9,11,22H2,1-2H3,(H,28,29,30). The SMILES string of the molecule is COC(=O)CCCCCN(CCO)C(=O)Cc1c(C)c2cc(S(=O)(=O)O)c(N)cc2oc1=O. The number of unbranched alkanes of at least 4 members (excludes halogenated alkanes) is 2. The Balaban J connectivity index is 2.24. The number of ether oxygens (including phenoxy) is 1. The lowest BCUT2D eigenvalue weighted by Crippen LogP contribution is -2.36. The summed E-state index contributed by atoms with van der Waals surface area (Å²) < 4.78 is 42.3. The molecule has 0 unspecified atom stereocenters. The van der Waals surface area contributed by atoms with Crippen LogP contribution in [-0.2, 0) is 30.9 Å². The number of rotatable bonds is 11. The Morgan fingerprint density at radius 1 is 1.18 bits per heavy atom. The van der Waals surface area contributed by atoms with E-state index in [1.54, 1.807) is 0 Å². The molecular weight excluding hydrogens is 456 g/mol. The summed E-state index contributed by atoms with van der Waals surface area (Å²) >= 11 is 0. The van der Waals surface area contributed by atoms with E-state index in [0.29, 0.717) is 31.4 Å². The van der Waals surface area contributed by atoms with Gasteiger partial charge in [-0.05, 0) is 31.4 Å². The first-order valence-electron chi connectivity index (χ1n) is 10.3. The number of anilines is 1. The zero-order chi connectivity index (χ0) is 24.8. The maximum Gasteiger partial charge on any atom is 0.340 e. The number of amides is 1. The zero-order valence-electron chi connectivity index (χ0n) is 18.5. The fraction of sp³-hybridized carbons (Fsp3) is 0.476. The van der Waals surface area contributed by atoms with Crippen LogP contribution in [0.5, 0.6) is 0 Å². The molecule has 12 heteroatoms. The van der Waals surface area contributed by atoms with Gasteiger partial charge >= 0.3 is 11.6 Å². The Bertz CT molecular complexity index is 1190. The number of fused-ring (bicyclic) bond motifs is 1. The van der Waals surface area contributed by atoms with Crippen LogP contribution < -0.4 is 11.4 Å². The first-order valence-corrected chi connectivity index (χ1v) is 11.7. The Labute approximate surface area is 190 Å². The third-order valence-electron chi connectivity index (χ3n) is 5.28. The van der Waals surface area contributed by atoms with Crippen LogP contribution in [0.4, 0.5) is 5.69 Å². The molecule has 0 fully saturated rings. The number of nitrogen functional groups attached to an aromatic ring is 1. The van der Waals surface area contributed by atoms with Crippen LogP contribution in [0.25, 0.3) is 11.0 Å². The first-order chi connectivity index (χ1) is 15.5. The number of benzene rings is 1. The molecule has 0 aliphatic heterocycles. The number of esters is 1. The van der Waals surface area contributed by atoms with E-state index in [-0.39, 0.29) is 54.2 Å². The summed E-state index contributed by atoms with van der Waals surface area (Å²) in [5.74, 6) is -0.729. The number of aliphatic hydroxyl groups is 1. The summed E-state index contributed by atoms with van der Waals surface area (Å²) in [6, 6.07) is 2.23. The topological polar surface area (TPSA) is 177 Å². The molecule has 2 rings (SSSR count). The molecule has 1 heterocycles. The van der Waals surface area contributed by atoms with Gasteiger partial charge in [0.05, 0.1) is 31.4 Å². The van der Waals surface area contributed by atoms with E-state index in [9.17, 15) is 32.5 Å². The van der Waals surface area contributed by atoms with Gasteiger partial charge in [-0.15, -0.1) is 0 Å². The first kappa shape index (κ1) is 26.3. The van der Waals surface area contributed by atoms with Crippen molar-refractivity contribution < 1.29 is 36.8 Å². The second-order valence-electron chi connectivity index (χ2n) is 7.52. The summed E-state index contributed by atoms with van der Waals surface area (Å²) in [4.78, 5) is 37.4.